The molecule has 0 aliphatic rings. The summed E-state index contributed by atoms with van der Waals surface area (Å²) in [4.78, 5) is 4.50. The van der Waals surface area contributed by atoms with Gasteiger partial charge < -0.3 is 15.2 Å². The smallest absolute Gasteiger partial charge is 0.131 e. The van der Waals surface area contributed by atoms with E-state index in [1.807, 2.05) is 23.6 Å². The average molecular weight is 306 g/mol. The molecule has 0 aliphatic heterocycles. The highest BCUT2D eigenvalue weighted by Crippen LogP contribution is 2.26. The van der Waals surface area contributed by atoms with Crippen LogP contribution in [0.4, 0.5) is 0 Å². The lowest BCUT2D eigenvalue weighted by Crippen LogP contribution is -2.04. The fraction of sp³-hybridized carbons (Fsp3) is 0.438. The van der Waals surface area contributed by atoms with Crippen LogP contribution in [0.1, 0.15) is 36.5 Å². The Labute approximate surface area is 129 Å². The van der Waals surface area contributed by atoms with E-state index in [1.165, 1.54) is 0 Å². The standard InChI is InChI=1S/C16H22N2O2S/c1-3-7-19-14-6-5-12(9-17)15(8-14)20-10-13-11-21-16(4-2)18-13/h5-6,8,11H,3-4,7,9-10,17H2,1-2H3. The van der Waals surface area contributed by atoms with Crippen LogP contribution in [0.2, 0.25) is 0 Å². The maximum absolute atomic E-state index is 5.88. The van der Waals surface area contributed by atoms with Crippen molar-refractivity contribution in [2.75, 3.05) is 6.61 Å². The van der Waals surface area contributed by atoms with E-state index in [-0.39, 0.29) is 0 Å². The lowest BCUT2D eigenvalue weighted by molar-refractivity contribution is 0.289. The summed E-state index contributed by atoms with van der Waals surface area (Å²) in [6, 6.07) is 5.80. The minimum atomic E-state index is 0.445. The van der Waals surface area contributed by atoms with Crippen LogP contribution < -0.4 is 15.2 Å². The van der Waals surface area contributed by atoms with Gasteiger partial charge in [-0.1, -0.05) is 19.9 Å². The molecule has 0 unspecified atom stereocenters. The Bertz CT molecular complexity index is 569. The van der Waals surface area contributed by atoms with Crippen LogP contribution in [0.15, 0.2) is 23.6 Å². The first-order valence-electron chi connectivity index (χ1n) is 7.28. The Balaban J connectivity index is 2.05. The van der Waals surface area contributed by atoms with E-state index in [9.17, 15) is 0 Å². The number of benzene rings is 1. The van der Waals surface area contributed by atoms with Crippen LogP contribution in [0.5, 0.6) is 11.5 Å². The molecule has 0 fully saturated rings. The molecule has 0 radical (unpaired) electrons. The summed E-state index contributed by atoms with van der Waals surface area (Å²) < 4.78 is 11.5. The number of hydrogen-bond acceptors (Lipinski definition) is 5. The summed E-state index contributed by atoms with van der Waals surface area (Å²) in [6.45, 7) is 5.79. The highest BCUT2D eigenvalue weighted by molar-refractivity contribution is 7.09. The van der Waals surface area contributed by atoms with Gasteiger partial charge in [-0.05, 0) is 18.9 Å². The first-order chi connectivity index (χ1) is 10.3. The van der Waals surface area contributed by atoms with E-state index in [2.05, 4.69) is 18.8 Å². The molecule has 1 aromatic heterocycles. The Kier molecular flexibility index (Phi) is 6.02. The predicted molar refractivity (Wildman–Crippen MR) is 85.9 cm³/mol. The quantitative estimate of drug-likeness (QED) is 0.810. The second kappa shape index (κ2) is 8.00. The van der Waals surface area contributed by atoms with Crippen LogP contribution in [-0.2, 0) is 19.6 Å². The summed E-state index contributed by atoms with van der Waals surface area (Å²) in [7, 11) is 0. The molecule has 4 nitrogen and oxygen atoms in total. The molecule has 0 atom stereocenters. The van der Waals surface area contributed by atoms with Crippen LogP contribution in [-0.4, -0.2) is 11.6 Å². The lowest BCUT2D eigenvalue weighted by atomic mass is 10.2. The van der Waals surface area contributed by atoms with E-state index in [0.29, 0.717) is 19.8 Å². The second-order valence-electron chi connectivity index (χ2n) is 4.70. The number of aromatic nitrogens is 1. The number of rotatable bonds is 8. The highest BCUT2D eigenvalue weighted by Gasteiger charge is 2.07. The molecule has 1 heterocycles. The van der Waals surface area contributed by atoms with E-state index in [1.54, 1.807) is 11.3 Å². The van der Waals surface area contributed by atoms with Gasteiger partial charge in [0.05, 0.1) is 17.3 Å². The van der Waals surface area contributed by atoms with Gasteiger partial charge in [0.25, 0.3) is 0 Å². The Hall–Kier alpha value is -1.59. The molecule has 0 spiro atoms. The van der Waals surface area contributed by atoms with Gasteiger partial charge in [0, 0.05) is 23.6 Å². The molecule has 2 aromatic rings. The van der Waals surface area contributed by atoms with E-state index < -0.39 is 0 Å². The summed E-state index contributed by atoms with van der Waals surface area (Å²) in [5.74, 6) is 1.59. The summed E-state index contributed by atoms with van der Waals surface area (Å²) in [5.41, 5.74) is 7.70. The van der Waals surface area contributed by atoms with Crippen molar-refractivity contribution in [2.24, 2.45) is 5.73 Å². The van der Waals surface area contributed by atoms with Crippen molar-refractivity contribution in [1.82, 2.24) is 4.98 Å². The molecular weight excluding hydrogens is 284 g/mol. The molecule has 1 aromatic carbocycles. The number of nitrogens with two attached hydrogens (primary N) is 1. The highest BCUT2D eigenvalue weighted by atomic mass is 32.1. The van der Waals surface area contributed by atoms with Gasteiger partial charge in [-0.15, -0.1) is 11.3 Å². The monoisotopic (exact) mass is 306 g/mol. The van der Waals surface area contributed by atoms with Crippen molar-refractivity contribution in [3.05, 3.63) is 39.8 Å². The maximum Gasteiger partial charge on any atom is 0.131 e. The van der Waals surface area contributed by atoms with Crippen molar-refractivity contribution in [1.29, 1.82) is 0 Å². The third kappa shape index (κ3) is 4.44. The maximum atomic E-state index is 5.88. The van der Waals surface area contributed by atoms with E-state index >= 15 is 0 Å². The molecule has 0 saturated carbocycles. The Morgan fingerprint density at radius 2 is 2.10 bits per heavy atom. The Morgan fingerprint density at radius 3 is 2.76 bits per heavy atom. The zero-order chi connectivity index (χ0) is 15.1. The molecule has 0 bridgehead atoms. The van der Waals surface area contributed by atoms with Gasteiger partial charge in [-0.2, -0.15) is 0 Å². The molecule has 21 heavy (non-hydrogen) atoms. The van der Waals surface area contributed by atoms with Crippen molar-refractivity contribution < 1.29 is 9.47 Å². The number of aryl methyl sites for hydroxylation is 1. The third-order valence-electron chi connectivity index (χ3n) is 3.01. The van der Waals surface area contributed by atoms with Crippen molar-refractivity contribution in [3.8, 4) is 11.5 Å². The molecule has 0 amide bonds. The van der Waals surface area contributed by atoms with Crippen molar-refractivity contribution in [2.45, 2.75) is 39.8 Å². The lowest BCUT2D eigenvalue weighted by Gasteiger charge is -2.12. The molecule has 0 saturated heterocycles. The van der Waals surface area contributed by atoms with Crippen LogP contribution in [0.3, 0.4) is 0 Å². The number of ether oxygens (including phenoxy) is 2. The van der Waals surface area contributed by atoms with Crippen molar-refractivity contribution >= 4 is 11.3 Å². The Morgan fingerprint density at radius 1 is 1.24 bits per heavy atom. The summed E-state index contributed by atoms with van der Waals surface area (Å²) >= 11 is 1.67. The fourth-order valence-electron chi connectivity index (χ4n) is 1.88. The summed E-state index contributed by atoms with van der Waals surface area (Å²) in [6.07, 6.45) is 1.94. The molecule has 5 heteroatoms. The van der Waals surface area contributed by atoms with Crippen LogP contribution >= 0.6 is 11.3 Å². The second-order valence-corrected chi connectivity index (χ2v) is 5.64. The third-order valence-corrected chi connectivity index (χ3v) is 4.05. The summed E-state index contributed by atoms with van der Waals surface area (Å²) in [5, 5.41) is 3.17. The van der Waals surface area contributed by atoms with Gasteiger partial charge >= 0.3 is 0 Å². The number of nitrogens with zero attached hydrogens (tertiary/aromatic N) is 1. The SMILES string of the molecule is CCCOc1ccc(CN)c(OCc2csc(CC)n2)c1. The van der Waals surface area contributed by atoms with Gasteiger partial charge in [0.15, 0.2) is 0 Å². The number of thiazole rings is 1. The largest absolute Gasteiger partial charge is 0.493 e. The first-order valence-corrected chi connectivity index (χ1v) is 8.16. The van der Waals surface area contributed by atoms with Crippen LogP contribution in [0.25, 0.3) is 0 Å². The minimum absolute atomic E-state index is 0.445. The van der Waals surface area contributed by atoms with E-state index in [0.717, 1.165) is 40.6 Å². The molecular formula is C16H22N2O2S. The zero-order valence-electron chi connectivity index (χ0n) is 12.6. The fourth-order valence-corrected chi connectivity index (χ4v) is 2.61. The van der Waals surface area contributed by atoms with Gasteiger partial charge in [-0.25, -0.2) is 4.98 Å². The van der Waals surface area contributed by atoms with Gasteiger partial charge in [0.1, 0.15) is 18.1 Å². The normalized spacial score (nSPS) is 10.6. The average Bonchev–Trinajstić information content (AvgIpc) is 2.99. The first kappa shape index (κ1) is 15.8. The van der Waals surface area contributed by atoms with Crippen molar-refractivity contribution in [3.63, 3.8) is 0 Å². The minimum Gasteiger partial charge on any atom is -0.493 e. The zero-order valence-corrected chi connectivity index (χ0v) is 13.4. The number of hydrogen-bond donors (Lipinski definition) is 1. The molecule has 2 rings (SSSR count). The molecule has 114 valence electrons. The van der Waals surface area contributed by atoms with Crippen LogP contribution in [0, 0.1) is 0 Å². The topological polar surface area (TPSA) is 57.4 Å². The predicted octanol–water partition coefficient (Wildman–Crippen LogP) is 3.53. The molecule has 0 aliphatic carbocycles. The van der Waals surface area contributed by atoms with Gasteiger partial charge in [-0.3, -0.25) is 0 Å². The van der Waals surface area contributed by atoms with Gasteiger partial charge in [0.2, 0.25) is 0 Å². The van der Waals surface area contributed by atoms with E-state index in [4.69, 9.17) is 15.2 Å². The molecule has 2 N–H and O–H groups in total.